The van der Waals surface area contributed by atoms with Gasteiger partial charge < -0.3 is 20.1 Å². The second-order valence-electron chi connectivity index (χ2n) is 5.99. The Hall–Kier alpha value is -0.790. The minimum atomic E-state index is 0.0656. The van der Waals surface area contributed by atoms with Gasteiger partial charge in [0.2, 0.25) is 11.8 Å². The first-order valence-corrected chi connectivity index (χ1v) is 9.74. The lowest BCUT2D eigenvalue weighted by molar-refractivity contribution is -0.121. The Bertz CT molecular complexity index is 335. The molecule has 23 heavy (non-hydrogen) atoms. The van der Waals surface area contributed by atoms with Crippen LogP contribution in [0.3, 0.4) is 0 Å². The summed E-state index contributed by atoms with van der Waals surface area (Å²) in [5, 5.41) is 5.81. The molecule has 0 aromatic rings. The molecule has 6 nitrogen and oxygen atoms in total. The summed E-state index contributed by atoms with van der Waals surface area (Å²) in [6.07, 6.45) is 5.63. The number of hydrogen-bond donors (Lipinski definition) is 2. The number of carbonyl (C=O) groups is 2. The average Bonchev–Trinajstić information content (AvgIpc) is 3.24. The van der Waals surface area contributed by atoms with Crippen molar-refractivity contribution >= 4 is 23.6 Å². The van der Waals surface area contributed by atoms with Gasteiger partial charge in [-0.2, -0.15) is 11.8 Å². The van der Waals surface area contributed by atoms with Crippen molar-refractivity contribution in [1.82, 2.24) is 10.6 Å². The van der Waals surface area contributed by atoms with Crippen LogP contribution in [0.15, 0.2) is 0 Å². The molecule has 2 heterocycles. The number of hydrogen-bond acceptors (Lipinski definition) is 5. The maximum atomic E-state index is 11.7. The molecule has 0 unspecified atom stereocenters. The third-order valence-electron chi connectivity index (χ3n) is 4.05. The molecule has 2 aliphatic heterocycles. The van der Waals surface area contributed by atoms with Gasteiger partial charge in [-0.3, -0.25) is 9.59 Å². The average molecular weight is 344 g/mol. The Balaban J connectivity index is 1.39. The summed E-state index contributed by atoms with van der Waals surface area (Å²) in [7, 11) is 0. The summed E-state index contributed by atoms with van der Waals surface area (Å²) in [4.78, 5) is 23.3. The summed E-state index contributed by atoms with van der Waals surface area (Å²) in [5.41, 5.74) is 0. The minimum Gasteiger partial charge on any atom is -0.376 e. The monoisotopic (exact) mass is 344 g/mol. The van der Waals surface area contributed by atoms with E-state index in [2.05, 4.69) is 10.6 Å². The molecule has 0 aliphatic carbocycles. The van der Waals surface area contributed by atoms with E-state index in [-0.39, 0.29) is 24.0 Å². The first kappa shape index (κ1) is 18.5. The molecule has 2 atom stereocenters. The molecule has 0 aromatic heterocycles. The molecule has 0 aromatic carbocycles. The summed E-state index contributed by atoms with van der Waals surface area (Å²) < 4.78 is 10.9. The lowest BCUT2D eigenvalue weighted by atomic mass is 10.2. The van der Waals surface area contributed by atoms with Crippen molar-refractivity contribution in [3.8, 4) is 0 Å². The maximum absolute atomic E-state index is 11.7. The lowest BCUT2D eigenvalue weighted by Gasteiger charge is -2.11. The first-order chi connectivity index (χ1) is 11.2. The second kappa shape index (κ2) is 10.9. The van der Waals surface area contributed by atoms with Crippen LogP contribution in [0.25, 0.3) is 0 Å². The Morgan fingerprint density at radius 2 is 1.35 bits per heavy atom. The fraction of sp³-hybridized carbons (Fsp3) is 0.875. The number of amides is 2. The van der Waals surface area contributed by atoms with Crippen molar-refractivity contribution in [3.05, 3.63) is 0 Å². The van der Waals surface area contributed by atoms with Gasteiger partial charge in [-0.15, -0.1) is 0 Å². The van der Waals surface area contributed by atoms with Gasteiger partial charge in [-0.25, -0.2) is 0 Å². The van der Waals surface area contributed by atoms with E-state index in [4.69, 9.17) is 9.47 Å². The van der Waals surface area contributed by atoms with Crippen molar-refractivity contribution in [2.75, 3.05) is 37.8 Å². The molecule has 2 N–H and O–H groups in total. The van der Waals surface area contributed by atoms with Crippen LogP contribution < -0.4 is 10.6 Å². The Labute approximate surface area is 142 Å². The van der Waals surface area contributed by atoms with Gasteiger partial charge in [0.05, 0.1) is 12.2 Å². The van der Waals surface area contributed by atoms with Gasteiger partial charge in [0.25, 0.3) is 0 Å². The van der Waals surface area contributed by atoms with Gasteiger partial charge in [0.1, 0.15) is 0 Å². The van der Waals surface area contributed by atoms with E-state index in [9.17, 15) is 9.59 Å². The molecule has 2 fully saturated rings. The van der Waals surface area contributed by atoms with Crippen LogP contribution in [-0.2, 0) is 19.1 Å². The summed E-state index contributed by atoms with van der Waals surface area (Å²) >= 11 is 1.64. The van der Waals surface area contributed by atoms with Crippen LogP contribution in [0.2, 0.25) is 0 Å². The summed E-state index contributed by atoms with van der Waals surface area (Å²) in [6, 6.07) is 0. The first-order valence-electron chi connectivity index (χ1n) is 8.58. The Kier molecular flexibility index (Phi) is 8.78. The van der Waals surface area contributed by atoms with E-state index in [0.717, 1.165) is 50.4 Å². The predicted molar refractivity (Wildman–Crippen MR) is 90.5 cm³/mol. The van der Waals surface area contributed by atoms with E-state index in [1.54, 1.807) is 11.8 Å². The highest BCUT2D eigenvalue weighted by Gasteiger charge is 2.17. The van der Waals surface area contributed by atoms with E-state index in [1.807, 2.05) is 0 Å². The minimum absolute atomic E-state index is 0.0656. The van der Waals surface area contributed by atoms with Crippen LogP contribution in [0.4, 0.5) is 0 Å². The second-order valence-corrected chi connectivity index (χ2v) is 7.22. The van der Waals surface area contributed by atoms with Crippen LogP contribution >= 0.6 is 11.8 Å². The van der Waals surface area contributed by atoms with E-state index in [0.29, 0.717) is 25.9 Å². The molecule has 2 aliphatic rings. The van der Waals surface area contributed by atoms with Crippen molar-refractivity contribution in [2.24, 2.45) is 0 Å². The van der Waals surface area contributed by atoms with E-state index in [1.165, 1.54) is 0 Å². The molecule has 7 heteroatoms. The molecular weight excluding hydrogens is 316 g/mol. The summed E-state index contributed by atoms with van der Waals surface area (Å²) in [6.45, 7) is 2.86. The number of carbonyl (C=O) groups excluding carboxylic acids is 2. The highest BCUT2D eigenvalue weighted by atomic mass is 32.2. The number of rotatable bonds is 10. The van der Waals surface area contributed by atoms with Gasteiger partial charge in [-0.1, -0.05) is 0 Å². The molecule has 132 valence electrons. The molecule has 0 radical (unpaired) electrons. The normalized spacial score (nSPS) is 23.8. The maximum Gasteiger partial charge on any atom is 0.220 e. The molecule has 2 amide bonds. The Morgan fingerprint density at radius 1 is 0.870 bits per heavy atom. The van der Waals surface area contributed by atoms with Crippen molar-refractivity contribution < 1.29 is 19.1 Å². The fourth-order valence-electron chi connectivity index (χ4n) is 2.67. The largest absolute Gasteiger partial charge is 0.376 e. The molecule has 0 bridgehead atoms. The highest BCUT2D eigenvalue weighted by Crippen LogP contribution is 2.11. The SMILES string of the molecule is O=C(CCSCCC(=O)NC[C@H]1CCCO1)NC[C@H]1CCCO1. The zero-order valence-electron chi connectivity index (χ0n) is 13.7. The zero-order chi connectivity index (χ0) is 16.3. The standard InChI is InChI=1S/C16H28N2O4S/c19-15(17-11-13-3-1-7-21-13)5-9-23-10-6-16(20)18-12-14-4-2-8-22-14/h13-14H,1-12H2,(H,17,19)(H,18,20)/t13-,14-/m1/s1. The molecule has 0 spiro atoms. The van der Waals surface area contributed by atoms with Gasteiger partial charge in [0, 0.05) is 50.7 Å². The smallest absolute Gasteiger partial charge is 0.220 e. The number of ether oxygens (including phenoxy) is 2. The highest BCUT2D eigenvalue weighted by molar-refractivity contribution is 7.99. The van der Waals surface area contributed by atoms with Crippen molar-refractivity contribution in [3.63, 3.8) is 0 Å². The topological polar surface area (TPSA) is 76.7 Å². The zero-order valence-corrected chi connectivity index (χ0v) is 14.5. The predicted octanol–water partition coefficient (Wildman–Crippen LogP) is 1.09. The number of nitrogens with one attached hydrogen (secondary N) is 2. The van der Waals surface area contributed by atoms with Crippen LogP contribution in [0, 0.1) is 0 Å². The molecule has 0 saturated carbocycles. The van der Waals surface area contributed by atoms with Gasteiger partial charge >= 0.3 is 0 Å². The van der Waals surface area contributed by atoms with E-state index >= 15 is 0 Å². The molecule has 2 saturated heterocycles. The van der Waals surface area contributed by atoms with Gasteiger partial charge in [-0.05, 0) is 25.7 Å². The quantitative estimate of drug-likeness (QED) is 0.580. The third kappa shape index (κ3) is 8.04. The van der Waals surface area contributed by atoms with Gasteiger partial charge in [0.15, 0.2) is 0 Å². The lowest BCUT2D eigenvalue weighted by Crippen LogP contribution is -2.32. The Morgan fingerprint density at radius 3 is 1.74 bits per heavy atom. The van der Waals surface area contributed by atoms with E-state index < -0.39 is 0 Å². The van der Waals surface area contributed by atoms with Crippen molar-refractivity contribution in [2.45, 2.75) is 50.7 Å². The van der Waals surface area contributed by atoms with Crippen molar-refractivity contribution in [1.29, 1.82) is 0 Å². The molecule has 2 rings (SSSR count). The van der Waals surface area contributed by atoms with Crippen LogP contribution in [-0.4, -0.2) is 61.8 Å². The molecular formula is C16H28N2O4S. The summed E-state index contributed by atoms with van der Waals surface area (Å²) in [5.74, 6) is 1.62. The third-order valence-corrected chi connectivity index (χ3v) is 5.03. The number of thioether (sulfide) groups is 1. The fourth-order valence-corrected chi connectivity index (χ4v) is 3.54. The van der Waals surface area contributed by atoms with Crippen LogP contribution in [0.5, 0.6) is 0 Å². The van der Waals surface area contributed by atoms with Crippen LogP contribution in [0.1, 0.15) is 38.5 Å².